The average Bonchev–Trinajstić information content (AvgIpc) is 2.62. The van der Waals surface area contributed by atoms with Crippen molar-refractivity contribution in [2.24, 2.45) is 5.92 Å². The molecule has 1 N–H and O–H groups in total. The molecule has 0 bridgehead atoms. The van der Waals surface area contributed by atoms with Gasteiger partial charge in [0.05, 0.1) is 11.5 Å². The second kappa shape index (κ2) is 7.62. The summed E-state index contributed by atoms with van der Waals surface area (Å²) in [6.45, 7) is 1.22. The summed E-state index contributed by atoms with van der Waals surface area (Å²) in [4.78, 5) is 18.4. The van der Waals surface area contributed by atoms with Crippen LogP contribution in [-0.4, -0.2) is 30.0 Å². The van der Waals surface area contributed by atoms with Gasteiger partial charge >= 0.3 is 6.18 Å². The SMILES string of the molecule is O=C(NC1CCCCC1)[C@H]1CCCN(c2ccc(C(F)(F)F)cn2)C1. The third-order valence-corrected chi connectivity index (χ3v) is 5.14. The molecule has 1 saturated carbocycles. The van der Waals surface area contributed by atoms with Crippen LogP contribution in [0, 0.1) is 5.92 Å². The van der Waals surface area contributed by atoms with Gasteiger partial charge in [0, 0.05) is 25.3 Å². The van der Waals surface area contributed by atoms with Crippen LogP contribution in [0.3, 0.4) is 0 Å². The summed E-state index contributed by atoms with van der Waals surface area (Å²) in [6, 6.07) is 2.72. The van der Waals surface area contributed by atoms with E-state index in [9.17, 15) is 18.0 Å². The van der Waals surface area contributed by atoms with Crippen LogP contribution in [0.15, 0.2) is 18.3 Å². The molecule has 1 aliphatic carbocycles. The van der Waals surface area contributed by atoms with Crippen molar-refractivity contribution in [2.45, 2.75) is 57.2 Å². The molecule has 1 atom stereocenters. The van der Waals surface area contributed by atoms with Crippen LogP contribution in [0.5, 0.6) is 0 Å². The summed E-state index contributed by atoms with van der Waals surface area (Å²) < 4.78 is 37.9. The van der Waals surface area contributed by atoms with E-state index in [0.29, 0.717) is 18.9 Å². The lowest BCUT2D eigenvalue weighted by molar-refractivity contribution is -0.137. The Morgan fingerprint density at radius 3 is 2.52 bits per heavy atom. The van der Waals surface area contributed by atoms with Crippen molar-refractivity contribution in [3.8, 4) is 0 Å². The molecule has 1 aromatic rings. The van der Waals surface area contributed by atoms with Gasteiger partial charge in [-0.25, -0.2) is 4.98 Å². The summed E-state index contributed by atoms with van der Waals surface area (Å²) in [5.74, 6) is 0.450. The van der Waals surface area contributed by atoms with Crippen molar-refractivity contribution in [1.82, 2.24) is 10.3 Å². The molecule has 2 aliphatic rings. The molecule has 0 radical (unpaired) electrons. The van der Waals surface area contributed by atoms with E-state index in [1.54, 1.807) is 0 Å². The number of piperidine rings is 1. The van der Waals surface area contributed by atoms with Gasteiger partial charge in [0.25, 0.3) is 0 Å². The second-order valence-corrected chi connectivity index (χ2v) is 7.03. The molecule has 25 heavy (non-hydrogen) atoms. The lowest BCUT2D eigenvalue weighted by Gasteiger charge is -2.34. The molecule has 138 valence electrons. The number of carbonyl (C=O) groups is 1. The van der Waals surface area contributed by atoms with Crippen LogP contribution in [0.25, 0.3) is 0 Å². The Morgan fingerprint density at radius 2 is 1.88 bits per heavy atom. The Balaban J connectivity index is 1.59. The number of alkyl halides is 3. The van der Waals surface area contributed by atoms with Gasteiger partial charge in [0.2, 0.25) is 5.91 Å². The molecule has 1 amide bonds. The van der Waals surface area contributed by atoms with Crippen molar-refractivity contribution in [1.29, 1.82) is 0 Å². The van der Waals surface area contributed by atoms with Gasteiger partial charge in [0.1, 0.15) is 5.82 Å². The monoisotopic (exact) mass is 355 g/mol. The molecule has 3 rings (SSSR count). The summed E-state index contributed by atoms with van der Waals surface area (Å²) in [5.41, 5.74) is -0.750. The standard InChI is InChI=1S/C18H24F3N3O/c19-18(20,21)14-8-9-16(22-11-14)24-10-4-5-13(12-24)17(25)23-15-6-2-1-3-7-15/h8-9,11,13,15H,1-7,10,12H2,(H,23,25)/t13-/m0/s1. The topological polar surface area (TPSA) is 45.2 Å². The summed E-state index contributed by atoms with van der Waals surface area (Å²) >= 11 is 0. The third kappa shape index (κ3) is 4.64. The van der Waals surface area contributed by atoms with E-state index in [-0.39, 0.29) is 17.9 Å². The number of halogens is 3. The fourth-order valence-electron chi connectivity index (χ4n) is 3.71. The van der Waals surface area contributed by atoms with E-state index in [0.717, 1.165) is 50.8 Å². The first-order chi connectivity index (χ1) is 11.9. The molecule has 1 aromatic heterocycles. The summed E-state index contributed by atoms with van der Waals surface area (Å²) in [6.07, 6.45) is 3.79. The van der Waals surface area contributed by atoms with Crippen molar-refractivity contribution in [3.63, 3.8) is 0 Å². The first-order valence-electron chi connectivity index (χ1n) is 9.02. The highest BCUT2D eigenvalue weighted by Crippen LogP contribution is 2.30. The number of carbonyl (C=O) groups excluding carboxylic acids is 1. The highest BCUT2D eigenvalue weighted by atomic mass is 19.4. The highest BCUT2D eigenvalue weighted by Gasteiger charge is 2.32. The largest absolute Gasteiger partial charge is 0.417 e. The Bertz CT molecular complexity index is 582. The molecule has 0 spiro atoms. The van der Waals surface area contributed by atoms with E-state index in [4.69, 9.17) is 0 Å². The smallest absolute Gasteiger partial charge is 0.356 e. The molecule has 1 saturated heterocycles. The van der Waals surface area contributed by atoms with Gasteiger partial charge in [-0.1, -0.05) is 19.3 Å². The van der Waals surface area contributed by atoms with Crippen LogP contribution in [-0.2, 0) is 11.0 Å². The fraction of sp³-hybridized carbons (Fsp3) is 0.667. The first kappa shape index (κ1) is 18.0. The second-order valence-electron chi connectivity index (χ2n) is 7.03. The first-order valence-corrected chi connectivity index (χ1v) is 9.02. The number of anilines is 1. The van der Waals surface area contributed by atoms with E-state index in [2.05, 4.69) is 10.3 Å². The molecule has 2 heterocycles. The Morgan fingerprint density at radius 1 is 1.12 bits per heavy atom. The van der Waals surface area contributed by atoms with Crippen molar-refractivity contribution in [3.05, 3.63) is 23.9 Å². The zero-order chi connectivity index (χ0) is 17.9. The number of amides is 1. The quantitative estimate of drug-likeness (QED) is 0.898. The highest BCUT2D eigenvalue weighted by molar-refractivity contribution is 5.79. The van der Waals surface area contributed by atoms with E-state index in [1.807, 2.05) is 4.90 Å². The van der Waals surface area contributed by atoms with Crippen molar-refractivity contribution < 1.29 is 18.0 Å². The van der Waals surface area contributed by atoms with E-state index < -0.39 is 11.7 Å². The average molecular weight is 355 g/mol. The predicted molar refractivity (Wildman–Crippen MR) is 89.2 cm³/mol. The van der Waals surface area contributed by atoms with Gasteiger partial charge < -0.3 is 10.2 Å². The van der Waals surface area contributed by atoms with Gasteiger partial charge in [-0.2, -0.15) is 13.2 Å². The summed E-state index contributed by atoms with van der Waals surface area (Å²) in [5, 5.41) is 3.15. The minimum absolute atomic E-state index is 0.0727. The zero-order valence-corrected chi connectivity index (χ0v) is 14.2. The Hall–Kier alpha value is -1.79. The lowest BCUT2D eigenvalue weighted by Crippen LogP contribution is -2.46. The maximum Gasteiger partial charge on any atom is 0.417 e. The summed E-state index contributed by atoms with van der Waals surface area (Å²) in [7, 11) is 0. The number of aromatic nitrogens is 1. The third-order valence-electron chi connectivity index (χ3n) is 5.14. The zero-order valence-electron chi connectivity index (χ0n) is 14.2. The molecule has 0 unspecified atom stereocenters. The Labute approximate surface area is 145 Å². The lowest BCUT2D eigenvalue weighted by atomic mass is 9.93. The number of rotatable bonds is 3. The number of hydrogen-bond donors (Lipinski definition) is 1. The van der Waals surface area contributed by atoms with Gasteiger partial charge in [0.15, 0.2) is 0 Å². The van der Waals surface area contributed by atoms with Crippen molar-refractivity contribution in [2.75, 3.05) is 18.0 Å². The maximum atomic E-state index is 12.6. The number of nitrogens with zero attached hydrogens (tertiary/aromatic N) is 2. The maximum absolute atomic E-state index is 12.6. The van der Waals surface area contributed by atoms with Crippen LogP contribution in [0.4, 0.5) is 19.0 Å². The molecule has 1 aliphatic heterocycles. The van der Waals surface area contributed by atoms with Crippen LogP contribution in [0.1, 0.15) is 50.5 Å². The Kier molecular flexibility index (Phi) is 5.49. The molecular formula is C18H24F3N3O. The molecule has 7 heteroatoms. The minimum atomic E-state index is -4.38. The van der Waals surface area contributed by atoms with Crippen LogP contribution in [0.2, 0.25) is 0 Å². The van der Waals surface area contributed by atoms with Crippen LogP contribution < -0.4 is 10.2 Å². The van der Waals surface area contributed by atoms with Gasteiger partial charge in [-0.05, 0) is 37.8 Å². The predicted octanol–water partition coefficient (Wildman–Crippen LogP) is 3.77. The minimum Gasteiger partial charge on any atom is -0.356 e. The molecular weight excluding hydrogens is 331 g/mol. The van der Waals surface area contributed by atoms with E-state index in [1.165, 1.54) is 12.5 Å². The van der Waals surface area contributed by atoms with Gasteiger partial charge in [-0.3, -0.25) is 4.79 Å². The van der Waals surface area contributed by atoms with Crippen LogP contribution >= 0.6 is 0 Å². The molecule has 0 aromatic carbocycles. The molecule has 4 nitrogen and oxygen atoms in total. The number of hydrogen-bond acceptors (Lipinski definition) is 3. The normalized spacial score (nSPS) is 22.7. The fourth-order valence-corrected chi connectivity index (χ4v) is 3.71. The van der Waals surface area contributed by atoms with E-state index >= 15 is 0 Å². The van der Waals surface area contributed by atoms with Crippen molar-refractivity contribution >= 4 is 11.7 Å². The number of nitrogens with one attached hydrogen (secondary N) is 1. The number of pyridine rings is 1. The molecule has 2 fully saturated rings. The van der Waals surface area contributed by atoms with Gasteiger partial charge in [-0.15, -0.1) is 0 Å².